The molecular formula is C23H26F3N3O5S2. The molecule has 0 aliphatic carbocycles. The highest BCUT2D eigenvalue weighted by Gasteiger charge is 2.33. The Hall–Kier alpha value is -2.74. The SMILES string of the molecule is C=CS(=O)(=O)NCC1CCN(S(=O)(=O)c2ccc(CC(=O)NCc3ccc(C(F)(F)F)cc3)cc2)C1. The van der Waals surface area contributed by atoms with Crippen LogP contribution in [0.1, 0.15) is 23.1 Å². The summed E-state index contributed by atoms with van der Waals surface area (Å²) in [5.74, 6) is -0.531. The van der Waals surface area contributed by atoms with Gasteiger partial charge in [-0.15, -0.1) is 0 Å². The molecule has 2 N–H and O–H groups in total. The summed E-state index contributed by atoms with van der Waals surface area (Å²) in [6, 6.07) is 10.3. The van der Waals surface area contributed by atoms with Crippen LogP contribution in [0.15, 0.2) is 65.4 Å². The van der Waals surface area contributed by atoms with E-state index in [-0.39, 0.29) is 49.3 Å². The van der Waals surface area contributed by atoms with E-state index in [0.717, 1.165) is 17.5 Å². The third-order valence-corrected chi connectivity index (χ3v) is 8.63. The van der Waals surface area contributed by atoms with Gasteiger partial charge in [0.1, 0.15) is 0 Å². The van der Waals surface area contributed by atoms with Gasteiger partial charge >= 0.3 is 6.18 Å². The van der Waals surface area contributed by atoms with Gasteiger partial charge in [-0.05, 0) is 47.7 Å². The number of rotatable bonds is 10. The third-order valence-electron chi connectivity index (χ3n) is 5.74. The van der Waals surface area contributed by atoms with Crippen molar-refractivity contribution in [3.05, 3.63) is 77.2 Å². The Morgan fingerprint density at radius 1 is 1.03 bits per heavy atom. The maximum Gasteiger partial charge on any atom is 0.416 e. The van der Waals surface area contributed by atoms with E-state index in [2.05, 4.69) is 16.6 Å². The Kier molecular flexibility index (Phi) is 8.59. The number of benzene rings is 2. The molecule has 13 heteroatoms. The fraction of sp³-hybridized carbons (Fsp3) is 0.348. The maximum absolute atomic E-state index is 12.9. The Morgan fingerprint density at radius 3 is 2.22 bits per heavy atom. The van der Waals surface area contributed by atoms with Crippen LogP contribution in [0.25, 0.3) is 0 Å². The van der Waals surface area contributed by atoms with Gasteiger partial charge in [-0.3, -0.25) is 4.79 Å². The van der Waals surface area contributed by atoms with Crippen LogP contribution < -0.4 is 10.0 Å². The van der Waals surface area contributed by atoms with Crippen molar-refractivity contribution >= 4 is 26.0 Å². The van der Waals surface area contributed by atoms with E-state index in [9.17, 15) is 34.8 Å². The van der Waals surface area contributed by atoms with Crippen LogP contribution in [0.3, 0.4) is 0 Å². The molecule has 0 radical (unpaired) electrons. The summed E-state index contributed by atoms with van der Waals surface area (Å²) >= 11 is 0. The third kappa shape index (κ3) is 7.38. The zero-order valence-electron chi connectivity index (χ0n) is 19.2. The molecule has 1 unspecified atom stereocenters. The van der Waals surface area contributed by atoms with Crippen LogP contribution in [0.2, 0.25) is 0 Å². The first-order chi connectivity index (χ1) is 16.8. The number of nitrogens with one attached hydrogen (secondary N) is 2. The molecule has 3 rings (SSSR count). The minimum Gasteiger partial charge on any atom is -0.352 e. The van der Waals surface area contributed by atoms with Crippen LogP contribution in [-0.2, 0) is 44.0 Å². The number of halogens is 3. The molecule has 0 saturated carbocycles. The Bertz CT molecular complexity index is 1290. The molecule has 1 fully saturated rings. The lowest BCUT2D eigenvalue weighted by Gasteiger charge is -2.17. The van der Waals surface area contributed by atoms with E-state index in [1.54, 1.807) is 0 Å². The standard InChI is InChI=1S/C23H26F3N3O5S2/c1-2-35(31,32)28-15-19-11-12-29(16-19)36(33,34)21-9-5-17(6-10-21)13-22(30)27-14-18-3-7-20(8-4-18)23(24,25)26/h2-10,19,28H,1,11-16H2,(H,27,30). The first-order valence-corrected chi connectivity index (χ1v) is 13.9. The summed E-state index contributed by atoms with van der Waals surface area (Å²) in [5.41, 5.74) is 0.311. The summed E-state index contributed by atoms with van der Waals surface area (Å²) in [4.78, 5) is 12.3. The highest BCUT2D eigenvalue weighted by Crippen LogP contribution is 2.29. The second-order valence-electron chi connectivity index (χ2n) is 8.37. The molecule has 1 aliphatic rings. The Balaban J connectivity index is 1.52. The first kappa shape index (κ1) is 27.8. The number of hydrogen-bond donors (Lipinski definition) is 2. The minimum atomic E-state index is -4.43. The number of sulfonamides is 2. The van der Waals surface area contributed by atoms with Crippen molar-refractivity contribution in [2.24, 2.45) is 5.92 Å². The fourth-order valence-corrected chi connectivity index (χ4v) is 5.78. The van der Waals surface area contributed by atoms with Crippen molar-refractivity contribution in [2.45, 2.75) is 30.5 Å². The number of amides is 1. The van der Waals surface area contributed by atoms with E-state index in [1.807, 2.05) is 0 Å². The second kappa shape index (κ2) is 11.1. The average Bonchev–Trinajstić information content (AvgIpc) is 3.32. The molecule has 1 saturated heterocycles. The molecular weight excluding hydrogens is 519 g/mol. The summed E-state index contributed by atoms with van der Waals surface area (Å²) < 4.78 is 90.4. The molecule has 36 heavy (non-hydrogen) atoms. The smallest absolute Gasteiger partial charge is 0.352 e. The molecule has 1 atom stereocenters. The lowest BCUT2D eigenvalue weighted by Crippen LogP contribution is -2.32. The van der Waals surface area contributed by atoms with Crippen LogP contribution in [-0.4, -0.2) is 46.7 Å². The van der Waals surface area contributed by atoms with Crippen molar-refractivity contribution in [2.75, 3.05) is 19.6 Å². The Morgan fingerprint density at radius 2 is 1.64 bits per heavy atom. The lowest BCUT2D eigenvalue weighted by atomic mass is 10.1. The van der Waals surface area contributed by atoms with Gasteiger partial charge in [0, 0.05) is 31.6 Å². The molecule has 1 heterocycles. The predicted molar refractivity (Wildman–Crippen MR) is 127 cm³/mol. The predicted octanol–water partition coefficient (Wildman–Crippen LogP) is 2.64. The van der Waals surface area contributed by atoms with Gasteiger partial charge in [0.2, 0.25) is 26.0 Å². The van der Waals surface area contributed by atoms with Crippen molar-refractivity contribution in [3.63, 3.8) is 0 Å². The number of alkyl halides is 3. The minimum absolute atomic E-state index is 0.0316. The van der Waals surface area contributed by atoms with E-state index < -0.39 is 31.8 Å². The van der Waals surface area contributed by atoms with Gasteiger partial charge in [0.05, 0.1) is 16.9 Å². The van der Waals surface area contributed by atoms with Gasteiger partial charge in [-0.1, -0.05) is 30.8 Å². The van der Waals surface area contributed by atoms with Crippen LogP contribution >= 0.6 is 0 Å². The molecule has 2 aromatic rings. The number of hydrogen-bond acceptors (Lipinski definition) is 5. The van der Waals surface area contributed by atoms with Crippen molar-refractivity contribution in [1.29, 1.82) is 0 Å². The Labute approximate surface area is 208 Å². The summed E-state index contributed by atoms with van der Waals surface area (Å²) in [7, 11) is -7.36. The summed E-state index contributed by atoms with van der Waals surface area (Å²) in [6.07, 6.45) is -3.95. The maximum atomic E-state index is 12.9. The zero-order valence-corrected chi connectivity index (χ0v) is 20.8. The number of nitrogens with zero attached hydrogens (tertiary/aromatic N) is 1. The molecule has 196 valence electrons. The molecule has 0 bridgehead atoms. The fourth-order valence-electron chi connectivity index (χ4n) is 3.66. The highest BCUT2D eigenvalue weighted by molar-refractivity contribution is 7.92. The van der Waals surface area contributed by atoms with E-state index >= 15 is 0 Å². The molecule has 0 aromatic heterocycles. The molecule has 8 nitrogen and oxygen atoms in total. The lowest BCUT2D eigenvalue weighted by molar-refractivity contribution is -0.137. The van der Waals surface area contributed by atoms with Crippen molar-refractivity contribution < 1.29 is 34.8 Å². The number of carbonyl (C=O) groups excluding carboxylic acids is 1. The van der Waals surface area contributed by atoms with Gasteiger partial charge in [-0.2, -0.15) is 17.5 Å². The van der Waals surface area contributed by atoms with Crippen LogP contribution in [0.5, 0.6) is 0 Å². The number of carbonyl (C=O) groups is 1. The second-order valence-corrected chi connectivity index (χ2v) is 12.0. The average molecular weight is 546 g/mol. The normalized spacial score (nSPS) is 17.1. The van der Waals surface area contributed by atoms with Gasteiger partial charge in [-0.25, -0.2) is 21.6 Å². The largest absolute Gasteiger partial charge is 0.416 e. The van der Waals surface area contributed by atoms with E-state index in [4.69, 9.17) is 0 Å². The van der Waals surface area contributed by atoms with E-state index in [0.29, 0.717) is 17.5 Å². The monoisotopic (exact) mass is 545 g/mol. The van der Waals surface area contributed by atoms with Crippen molar-refractivity contribution in [3.8, 4) is 0 Å². The van der Waals surface area contributed by atoms with Gasteiger partial charge in [0.25, 0.3) is 0 Å². The summed E-state index contributed by atoms with van der Waals surface area (Å²) in [6.45, 7) is 3.82. The van der Waals surface area contributed by atoms with Gasteiger partial charge < -0.3 is 5.32 Å². The summed E-state index contributed by atoms with van der Waals surface area (Å²) in [5, 5.41) is 3.42. The topological polar surface area (TPSA) is 113 Å². The van der Waals surface area contributed by atoms with Crippen molar-refractivity contribution in [1.82, 2.24) is 14.3 Å². The van der Waals surface area contributed by atoms with Crippen LogP contribution in [0, 0.1) is 5.92 Å². The molecule has 0 spiro atoms. The van der Waals surface area contributed by atoms with E-state index in [1.165, 1.54) is 40.7 Å². The molecule has 1 aliphatic heterocycles. The molecule has 1 amide bonds. The van der Waals surface area contributed by atoms with Crippen LogP contribution in [0.4, 0.5) is 13.2 Å². The highest BCUT2D eigenvalue weighted by atomic mass is 32.2. The first-order valence-electron chi connectivity index (χ1n) is 10.9. The molecule has 2 aromatic carbocycles. The van der Waals surface area contributed by atoms with Gasteiger partial charge in [0.15, 0.2) is 0 Å². The quantitative estimate of drug-likeness (QED) is 0.477. The zero-order chi connectivity index (χ0) is 26.6.